The fourth-order valence-corrected chi connectivity index (χ4v) is 3.42. The molecule has 9 heteroatoms. The molecule has 2 amide bonds. The maximum absolute atomic E-state index is 12.4. The van der Waals surface area contributed by atoms with Gasteiger partial charge in [-0.2, -0.15) is 0 Å². The van der Waals surface area contributed by atoms with Crippen molar-refractivity contribution in [2.24, 2.45) is 11.1 Å². The number of nitrogens with one attached hydrogen (secondary N) is 2. The highest BCUT2D eigenvalue weighted by molar-refractivity contribution is 5.89. The van der Waals surface area contributed by atoms with Crippen molar-refractivity contribution in [3.05, 3.63) is 65.7 Å². The highest BCUT2D eigenvalue weighted by Gasteiger charge is 2.28. The number of carbonyl (C=O) groups excluding carboxylic acids is 3. The molecular formula is C29H41N3O6. The van der Waals surface area contributed by atoms with Crippen LogP contribution in [0.1, 0.15) is 56.5 Å². The normalized spacial score (nSPS) is 11.5. The Morgan fingerprint density at radius 2 is 1.63 bits per heavy atom. The van der Waals surface area contributed by atoms with E-state index in [0.717, 1.165) is 5.56 Å². The van der Waals surface area contributed by atoms with Gasteiger partial charge in [-0.3, -0.25) is 9.59 Å². The van der Waals surface area contributed by atoms with Crippen LogP contribution in [0.4, 0.5) is 0 Å². The molecule has 9 nitrogen and oxygen atoms in total. The number of nitrogens with two attached hydrogens (primary N) is 1. The van der Waals surface area contributed by atoms with Gasteiger partial charge in [0.05, 0.1) is 11.2 Å². The second kappa shape index (κ2) is 15.1. The molecule has 208 valence electrons. The molecule has 0 atom stereocenters. The van der Waals surface area contributed by atoms with Crippen LogP contribution in [0.3, 0.4) is 0 Å². The van der Waals surface area contributed by atoms with Crippen molar-refractivity contribution in [3.8, 4) is 5.75 Å². The topological polar surface area (TPSA) is 129 Å². The Balaban J connectivity index is 1.69. The molecule has 0 heterocycles. The Labute approximate surface area is 225 Å². The van der Waals surface area contributed by atoms with Crippen molar-refractivity contribution in [1.29, 1.82) is 0 Å². The Morgan fingerprint density at radius 1 is 0.895 bits per heavy atom. The van der Waals surface area contributed by atoms with E-state index in [-0.39, 0.29) is 25.0 Å². The van der Waals surface area contributed by atoms with E-state index in [2.05, 4.69) is 10.6 Å². The number of amides is 2. The van der Waals surface area contributed by atoms with E-state index in [1.54, 1.807) is 24.3 Å². The summed E-state index contributed by atoms with van der Waals surface area (Å²) in [6.45, 7) is 9.30. The molecule has 0 aromatic heterocycles. The molecule has 2 rings (SSSR count). The van der Waals surface area contributed by atoms with Gasteiger partial charge in [-0.15, -0.1) is 0 Å². The molecule has 0 saturated carbocycles. The average molecular weight is 528 g/mol. The summed E-state index contributed by atoms with van der Waals surface area (Å²) in [7, 11) is 0. The van der Waals surface area contributed by atoms with Crippen LogP contribution in [0, 0.1) is 5.41 Å². The highest BCUT2D eigenvalue weighted by atomic mass is 16.5. The second-order valence-electron chi connectivity index (χ2n) is 10.3. The molecule has 0 bridgehead atoms. The third-order valence-corrected chi connectivity index (χ3v) is 5.97. The van der Waals surface area contributed by atoms with Gasteiger partial charge >= 0.3 is 5.97 Å². The first-order valence-corrected chi connectivity index (χ1v) is 12.9. The van der Waals surface area contributed by atoms with Gasteiger partial charge in [-0.1, -0.05) is 50.2 Å². The molecule has 0 fully saturated rings. The molecule has 0 aliphatic heterocycles. The van der Waals surface area contributed by atoms with Gasteiger partial charge in [0.2, 0.25) is 5.91 Å². The average Bonchev–Trinajstić information content (AvgIpc) is 2.89. The van der Waals surface area contributed by atoms with E-state index in [1.807, 2.05) is 58.0 Å². The summed E-state index contributed by atoms with van der Waals surface area (Å²) in [5.74, 6) is -0.400. The van der Waals surface area contributed by atoms with Crippen LogP contribution in [-0.4, -0.2) is 56.2 Å². The van der Waals surface area contributed by atoms with E-state index in [9.17, 15) is 14.4 Å². The fourth-order valence-electron chi connectivity index (χ4n) is 3.42. The number of esters is 1. The quantitative estimate of drug-likeness (QED) is 0.286. The smallest absolute Gasteiger partial charge is 0.338 e. The van der Waals surface area contributed by atoms with Crippen molar-refractivity contribution >= 4 is 17.8 Å². The van der Waals surface area contributed by atoms with Crippen LogP contribution in [0.15, 0.2) is 54.6 Å². The molecule has 0 saturated heterocycles. The first-order valence-electron chi connectivity index (χ1n) is 12.9. The van der Waals surface area contributed by atoms with Crippen LogP contribution in [0.5, 0.6) is 5.75 Å². The zero-order valence-electron chi connectivity index (χ0n) is 22.9. The lowest BCUT2D eigenvalue weighted by atomic mass is 9.88. The van der Waals surface area contributed by atoms with Crippen molar-refractivity contribution in [2.45, 2.75) is 52.7 Å². The summed E-state index contributed by atoms with van der Waals surface area (Å²) in [6.07, 6.45) is 1.15. The van der Waals surface area contributed by atoms with Crippen LogP contribution < -0.4 is 21.1 Å². The maximum Gasteiger partial charge on any atom is 0.338 e. The fraction of sp³-hybridized carbons (Fsp3) is 0.483. The Morgan fingerprint density at radius 3 is 2.34 bits per heavy atom. The van der Waals surface area contributed by atoms with E-state index < -0.39 is 17.0 Å². The lowest BCUT2D eigenvalue weighted by Gasteiger charge is -2.29. The number of ether oxygens (including phenoxy) is 3. The lowest BCUT2D eigenvalue weighted by Crippen LogP contribution is -2.40. The predicted octanol–water partition coefficient (Wildman–Crippen LogP) is 3.22. The summed E-state index contributed by atoms with van der Waals surface area (Å²) >= 11 is 0. The largest absolute Gasteiger partial charge is 0.484 e. The van der Waals surface area contributed by atoms with E-state index >= 15 is 0 Å². The summed E-state index contributed by atoms with van der Waals surface area (Å²) in [5, 5.41) is 5.63. The molecule has 0 aliphatic carbocycles. The Bertz CT molecular complexity index is 1040. The zero-order chi connectivity index (χ0) is 28.0. The molecule has 2 aromatic carbocycles. The third kappa shape index (κ3) is 11.3. The standard InChI is InChI=1S/C29H41N3O6/c1-28(2,27(35)32-17-15-30)14-18-38-29(3,4)13-16-31-25(33)21-36-24-12-8-11-23(19-24)26(34)37-20-22-9-6-5-7-10-22/h5-12,19H,13-18,20-21,30H2,1-4H3,(H,31,33)(H,32,35). The Hall–Kier alpha value is -3.43. The van der Waals surface area contributed by atoms with Crippen LogP contribution in [0.25, 0.3) is 0 Å². The van der Waals surface area contributed by atoms with Crippen LogP contribution in [0.2, 0.25) is 0 Å². The summed E-state index contributed by atoms with van der Waals surface area (Å²) in [5.41, 5.74) is 5.64. The van der Waals surface area contributed by atoms with Gasteiger partial charge in [-0.25, -0.2) is 4.79 Å². The molecule has 38 heavy (non-hydrogen) atoms. The van der Waals surface area contributed by atoms with Crippen LogP contribution >= 0.6 is 0 Å². The SMILES string of the molecule is CC(C)(CCNC(=O)COc1cccc(C(=O)OCc2ccccc2)c1)OCCC(C)(C)C(=O)NCCN. The second-order valence-corrected chi connectivity index (χ2v) is 10.3. The van der Waals surface area contributed by atoms with Gasteiger partial charge in [-0.05, 0) is 50.5 Å². The first-order chi connectivity index (χ1) is 18.0. The van der Waals surface area contributed by atoms with E-state index in [4.69, 9.17) is 19.9 Å². The van der Waals surface area contributed by atoms with E-state index in [1.165, 1.54) is 0 Å². The summed E-state index contributed by atoms with van der Waals surface area (Å²) in [6, 6.07) is 16.0. The molecular weight excluding hydrogens is 486 g/mol. The minimum atomic E-state index is -0.563. The lowest BCUT2D eigenvalue weighted by molar-refractivity contribution is -0.131. The minimum absolute atomic E-state index is 0.0498. The molecule has 0 spiro atoms. The molecule has 2 aromatic rings. The highest BCUT2D eigenvalue weighted by Crippen LogP contribution is 2.23. The molecule has 4 N–H and O–H groups in total. The van der Waals surface area contributed by atoms with Gasteiger partial charge in [0.1, 0.15) is 12.4 Å². The monoisotopic (exact) mass is 527 g/mol. The summed E-state index contributed by atoms with van der Waals surface area (Å²) in [4.78, 5) is 36.8. The van der Waals surface area contributed by atoms with E-state index in [0.29, 0.717) is 50.4 Å². The first kappa shape index (κ1) is 30.8. The molecule has 0 radical (unpaired) electrons. The maximum atomic E-state index is 12.4. The van der Waals surface area contributed by atoms with Crippen molar-refractivity contribution < 1.29 is 28.6 Å². The van der Waals surface area contributed by atoms with Gasteiger partial charge in [0, 0.05) is 31.7 Å². The van der Waals surface area contributed by atoms with Crippen molar-refractivity contribution in [1.82, 2.24) is 10.6 Å². The number of hydrogen-bond donors (Lipinski definition) is 3. The van der Waals surface area contributed by atoms with Gasteiger partial charge in [0.15, 0.2) is 6.61 Å². The Kier molecular flexibility index (Phi) is 12.2. The van der Waals surface area contributed by atoms with Gasteiger partial charge < -0.3 is 30.6 Å². The number of hydrogen-bond acceptors (Lipinski definition) is 7. The molecule has 0 aliphatic rings. The number of benzene rings is 2. The third-order valence-electron chi connectivity index (χ3n) is 5.97. The zero-order valence-corrected chi connectivity index (χ0v) is 22.9. The number of carbonyl (C=O) groups is 3. The minimum Gasteiger partial charge on any atom is -0.484 e. The summed E-state index contributed by atoms with van der Waals surface area (Å²) < 4.78 is 16.9. The van der Waals surface area contributed by atoms with Crippen molar-refractivity contribution in [3.63, 3.8) is 0 Å². The van der Waals surface area contributed by atoms with Crippen LogP contribution in [-0.2, 0) is 25.7 Å². The predicted molar refractivity (Wildman–Crippen MR) is 146 cm³/mol. The number of rotatable bonds is 16. The van der Waals surface area contributed by atoms with Gasteiger partial charge in [0.25, 0.3) is 5.91 Å². The molecule has 0 unspecified atom stereocenters. The van der Waals surface area contributed by atoms with Crippen molar-refractivity contribution in [2.75, 3.05) is 32.8 Å².